The minimum absolute atomic E-state index is 0.364. The summed E-state index contributed by atoms with van der Waals surface area (Å²) in [5.41, 5.74) is 3.94. The Bertz CT molecular complexity index is 1240. The van der Waals surface area contributed by atoms with Gasteiger partial charge in [-0.1, -0.05) is 60.7 Å². The molecule has 0 saturated carbocycles. The maximum absolute atomic E-state index is 12.6. The molecule has 4 aromatic rings. The minimum atomic E-state index is -0.427. The Labute approximate surface area is 172 Å². The van der Waals surface area contributed by atoms with Crippen molar-refractivity contribution in [1.29, 1.82) is 0 Å². The number of imide groups is 1. The quantitative estimate of drug-likeness (QED) is 0.387. The molecule has 0 atom stereocenters. The molecular weight excluding hydrogens is 376 g/mol. The molecule has 1 aliphatic rings. The van der Waals surface area contributed by atoms with Gasteiger partial charge in [0.1, 0.15) is 5.69 Å². The Morgan fingerprint density at radius 1 is 0.733 bits per heavy atom. The number of rotatable bonds is 4. The number of benzene rings is 3. The predicted octanol–water partition coefficient (Wildman–Crippen LogP) is 4.17. The molecule has 0 spiro atoms. The van der Waals surface area contributed by atoms with Crippen LogP contribution in [0.3, 0.4) is 0 Å². The second-order valence-electron chi connectivity index (χ2n) is 6.79. The summed E-state index contributed by atoms with van der Waals surface area (Å²) < 4.78 is 1.76. The van der Waals surface area contributed by atoms with Crippen LogP contribution in [0.15, 0.2) is 96.2 Å². The van der Waals surface area contributed by atoms with Gasteiger partial charge < -0.3 is 0 Å². The van der Waals surface area contributed by atoms with Crippen LogP contribution in [0.2, 0.25) is 0 Å². The van der Waals surface area contributed by atoms with Gasteiger partial charge in [-0.25, -0.2) is 4.68 Å². The number of para-hydroxylation sites is 1. The normalized spacial score (nSPS) is 13.3. The largest absolute Gasteiger partial charge is 0.282 e. The number of hydrazone groups is 1. The van der Waals surface area contributed by atoms with E-state index < -0.39 is 11.8 Å². The van der Waals surface area contributed by atoms with Crippen molar-refractivity contribution in [1.82, 2.24) is 14.8 Å². The highest BCUT2D eigenvalue weighted by Gasteiger charge is 2.35. The maximum atomic E-state index is 12.6. The number of hydrogen-bond acceptors (Lipinski definition) is 4. The molecule has 144 valence electrons. The first kappa shape index (κ1) is 17.8. The lowest BCUT2D eigenvalue weighted by Gasteiger charge is -2.05. The molecule has 0 aliphatic carbocycles. The summed E-state index contributed by atoms with van der Waals surface area (Å²) in [6.45, 7) is 0. The van der Waals surface area contributed by atoms with E-state index in [2.05, 4.69) is 5.10 Å². The fourth-order valence-corrected chi connectivity index (χ4v) is 3.42. The van der Waals surface area contributed by atoms with Crippen molar-refractivity contribution < 1.29 is 9.59 Å². The first-order chi connectivity index (χ1) is 14.7. The molecule has 1 aliphatic heterocycles. The molecule has 3 aromatic carbocycles. The zero-order valence-corrected chi connectivity index (χ0v) is 15.8. The van der Waals surface area contributed by atoms with Crippen molar-refractivity contribution in [3.05, 3.63) is 108 Å². The first-order valence-corrected chi connectivity index (χ1v) is 9.45. The minimum Gasteiger partial charge on any atom is -0.267 e. The third-order valence-electron chi connectivity index (χ3n) is 4.90. The van der Waals surface area contributed by atoms with Crippen LogP contribution in [-0.4, -0.2) is 32.8 Å². The molecule has 0 saturated heterocycles. The van der Waals surface area contributed by atoms with Crippen LogP contribution in [0.1, 0.15) is 26.3 Å². The maximum Gasteiger partial charge on any atom is 0.282 e. The number of nitrogens with zero attached hydrogens (tertiary/aromatic N) is 4. The summed E-state index contributed by atoms with van der Waals surface area (Å²) in [6.07, 6.45) is 3.34. The summed E-state index contributed by atoms with van der Waals surface area (Å²) in [4.78, 5) is 25.2. The number of hydrogen-bond donors (Lipinski definition) is 0. The highest BCUT2D eigenvalue weighted by atomic mass is 16.2. The zero-order chi connectivity index (χ0) is 20.5. The van der Waals surface area contributed by atoms with Gasteiger partial charge in [0.05, 0.1) is 23.0 Å². The Morgan fingerprint density at radius 2 is 1.30 bits per heavy atom. The number of fused-ring (bicyclic) bond motifs is 1. The Morgan fingerprint density at radius 3 is 1.93 bits per heavy atom. The molecule has 6 heteroatoms. The molecule has 1 aromatic heterocycles. The van der Waals surface area contributed by atoms with Gasteiger partial charge in [-0.15, -0.1) is 0 Å². The molecule has 0 N–H and O–H groups in total. The molecule has 0 fully saturated rings. The average Bonchev–Trinajstić information content (AvgIpc) is 3.34. The van der Waals surface area contributed by atoms with E-state index in [1.165, 1.54) is 6.21 Å². The highest BCUT2D eigenvalue weighted by Crippen LogP contribution is 2.25. The summed E-state index contributed by atoms with van der Waals surface area (Å²) in [6, 6.07) is 26.2. The number of aromatic nitrogens is 2. The van der Waals surface area contributed by atoms with Gasteiger partial charge in [-0.05, 0) is 24.3 Å². The first-order valence-electron chi connectivity index (χ1n) is 9.45. The molecule has 6 nitrogen and oxygen atoms in total. The van der Waals surface area contributed by atoms with Crippen LogP contribution >= 0.6 is 0 Å². The third-order valence-corrected chi connectivity index (χ3v) is 4.90. The lowest BCUT2D eigenvalue weighted by molar-refractivity contribution is 0.0660. The molecule has 0 unspecified atom stereocenters. The number of amides is 2. The van der Waals surface area contributed by atoms with Gasteiger partial charge in [0.25, 0.3) is 11.8 Å². The van der Waals surface area contributed by atoms with E-state index in [1.807, 2.05) is 66.9 Å². The molecule has 0 radical (unpaired) electrons. The molecule has 5 rings (SSSR count). The topological polar surface area (TPSA) is 67.6 Å². The van der Waals surface area contributed by atoms with Crippen molar-refractivity contribution >= 4 is 18.0 Å². The highest BCUT2D eigenvalue weighted by molar-refractivity contribution is 6.21. The second-order valence-corrected chi connectivity index (χ2v) is 6.79. The number of carbonyl (C=O) groups is 2. The summed E-state index contributed by atoms with van der Waals surface area (Å²) in [5.74, 6) is -0.855. The second kappa shape index (κ2) is 7.25. The monoisotopic (exact) mass is 392 g/mol. The SMILES string of the molecule is O=C1c2ccccc2C(=O)N1/N=C\c1cn(-c2ccccc2)nc1-c1ccccc1. The van der Waals surface area contributed by atoms with Gasteiger partial charge in [0.15, 0.2) is 0 Å². The van der Waals surface area contributed by atoms with Crippen LogP contribution < -0.4 is 0 Å². The fraction of sp³-hybridized carbons (Fsp3) is 0. The van der Waals surface area contributed by atoms with Crippen molar-refractivity contribution in [3.8, 4) is 16.9 Å². The van der Waals surface area contributed by atoms with Crippen LogP contribution in [-0.2, 0) is 0 Å². The lowest BCUT2D eigenvalue weighted by Crippen LogP contribution is -2.24. The van der Waals surface area contributed by atoms with Gasteiger partial charge in [0, 0.05) is 17.3 Å². The summed E-state index contributed by atoms with van der Waals surface area (Å²) in [5, 5.41) is 9.83. The van der Waals surface area contributed by atoms with Gasteiger partial charge in [0.2, 0.25) is 0 Å². The molecule has 2 amide bonds. The number of carbonyl (C=O) groups excluding carboxylic acids is 2. The van der Waals surface area contributed by atoms with Gasteiger partial charge in [-0.3, -0.25) is 9.59 Å². The average molecular weight is 392 g/mol. The van der Waals surface area contributed by atoms with Crippen molar-refractivity contribution in [2.75, 3.05) is 0 Å². The van der Waals surface area contributed by atoms with Gasteiger partial charge >= 0.3 is 0 Å². The van der Waals surface area contributed by atoms with E-state index >= 15 is 0 Å². The Kier molecular flexibility index (Phi) is 4.29. The lowest BCUT2D eigenvalue weighted by atomic mass is 10.1. The van der Waals surface area contributed by atoms with E-state index in [-0.39, 0.29) is 0 Å². The Balaban J connectivity index is 1.55. The standard InChI is InChI=1S/C24H16N4O2/c29-23-20-13-7-8-14-21(20)24(30)28(23)25-15-18-16-27(19-11-5-2-6-12-19)26-22(18)17-9-3-1-4-10-17/h1-16H/b25-15-. The van der Waals surface area contributed by atoms with E-state index in [4.69, 9.17) is 5.10 Å². The fourth-order valence-electron chi connectivity index (χ4n) is 3.42. The van der Waals surface area contributed by atoms with Crippen LogP contribution in [0.25, 0.3) is 16.9 Å². The van der Waals surface area contributed by atoms with Crippen molar-refractivity contribution in [3.63, 3.8) is 0 Å². The third kappa shape index (κ3) is 3.00. The smallest absolute Gasteiger partial charge is 0.267 e. The van der Waals surface area contributed by atoms with Crippen LogP contribution in [0.4, 0.5) is 0 Å². The van der Waals surface area contributed by atoms with E-state index in [0.717, 1.165) is 16.3 Å². The molecular formula is C24H16N4O2. The molecule has 0 bridgehead atoms. The zero-order valence-electron chi connectivity index (χ0n) is 15.8. The van der Waals surface area contributed by atoms with Crippen LogP contribution in [0, 0.1) is 0 Å². The Hall–Kier alpha value is -4.32. The summed E-state index contributed by atoms with van der Waals surface area (Å²) >= 11 is 0. The van der Waals surface area contributed by atoms with Crippen molar-refractivity contribution in [2.24, 2.45) is 5.10 Å². The summed E-state index contributed by atoms with van der Waals surface area (Å²) in [7, 11) is 0. The van der Waals surface area contributed by atoms with E-state index in [9.17, 15) is 9.59 Å². The van der Waals surface area contributed by atoms with Crippen LogP contribution in [0.5, 0.6) is 0 Å². The van der Waals surface area contributed by atoms with Crippen molar-refractivity contribution in [2.45, 2.75) is 0 Å². The predicted molar refractivity (Wildman–Crippen MR) is 114 cm³/mol. The van der Waals surface area contributed by atoms with E-state index in [0.29, 0.717) is 22.4 Å². The van der Waals surface area contributed by atoms with Gasteiger partial charge in [-0.2, -0.15) is 15.2 Å². The van der Waals surface area contributed by atoms with E-state index in [1.54, 1.807) is 28.9 Å². The molecule has 30 heavy (non-hydrogen) atoms. The molecule has 2 heterocycles.